The van der Waals surface area contributed by atoms with E-state index in [4.69, 9.17) is 0 Å². The number of aromatic nitrogens is 3. The Labute approximate surface area is 118 Å². The number of halogens is 1. The van der Waals surface area contributed by atoms with Crippen LogP contribution in [0.3, 0.4) is 0 Å². The first-order valence-corrected chi connectivity index (χ1v) is 7.91. The van der Waals surface area contributed by atoms with Crippen LogP contribution in [0.5, 0.6) is 0 Å². The van der Waals surface area contributed by atoms with E-state index >= 15 is 0 Å². The van der Waals surface area contributed by atoms with Crippen LogP contribution in [0.2, 0.25) is 0 Å². The summed E-state index contributed by atoms with van der Waals surface area (Å²) in [7, 11) is 0. The molecule has 1 atom stereocenters. The van der Waals surface area contributed by atoms with Crippen molar-refractivity contribution in [1.82, 2.24) is 14.8 Å². The van der Waals surface area contributed by atoms with Gasteiger partial charge in [-0.25, -0.2) is 0 Å². The van der Waals surface area contributed by atoms with E-state index in [1.165, 1.54) is 5.56 Å². The van der Waals surface area contributed by atoms with E-state index in [1.807, 2.05) is 11.8 Å². The molecule has 5 heteroatoms. The lowest BCUT2D eigenvalue weighted by atomic mass is 10.1. The largest absolute Gasteiger partial charge is 0.301 e. The average molecular weight is 357 g/mol. The second kappa shape index (κ2) is 4.61. The van der Waals surface area contributed by atoms with E-state index in [2.05, 4.69) is 68.5 Å². The summed E-state index contributed by atoms with van der Waals surface area (Å²) in [4.78, 5) is 0. The summed E-state index contributed by atoms with van der Waals surface area (Å²) in [6.45, 7) is 3.12. The van der Waals surface area contributed by atoms with Crippen molar-refractivity contribution in [3.63, 3.8) is 0 Å². The van der Waals surface area contributed by atoms with Crippen LogP contribution in [-0.4, -0.2) is 24.4 Å². The molecule has 1 aliphatic rings. The van der Waals surface area contributed by atoms with Crippen LogP contribution in [-0.2, 0) is 6.54 Å². The third-order valence-corrected chi connectivity index (χ3v) is 5.68. The maximum atomic E-state index is 4.30. The third kappa shape index (κ3) is 2.10. The maximum Gasteiger partial charge on any atom is 0.191 e. The molecule has 1 aromatic carbocycles. The minimum atomic E-state index is 0.644. The van der Waals surface area contributed by atoms with Crippen molar-refractivity contribution in [2.75, 3.05) is 4.43 Å². The first kappa shape index (κ1) is 11.5. The highest BCUT2D eigenvalue weighted by atomic mass is 127. The van der Waals surface area contributed by atoms with Gasteiger partial charge in [0.2, 0.25) is 0 Å². The molecule has 0 saturated carbocycles. The van der Waals surface area contributed by atoms with Gasteiger partial charge in [0.25, 0.3) is 0 Å². The Morgan fingerprint density at radius 2 is 2.12 bits per heavy atom. The quantitative estimate of drug-likeness (QED) is 0.611. The Bertz CT molecular complexity index is 535. The van der Waals surface area contributed by atoms with Gasteiger partial charge in [0.1, 0.15) is 0 Å². The topological polar surface area (TPSA) is 30.7 Å². The predicted octanol–water partition coefficient (Wildman–Crippen LogP) is 3.16. The average Bonchev–Trinajstić information content (AvgIpc) is 2.89. The first-order valence-electron chi connectivity index (χ1n) is 5.51. The summed E-state index contributed by atoms with van der Waals surface area (Å²) < 4.78 is 3.39. The van der Waals surface area contributed by atoms with Gasteiger partial charge in [-0.15, -0.1) is 10.2 Å². The van der Waals surface area contributed by atoms with Crippen molar-refractivity contribution < 1.29 is 0 Å². The predicted molar refractivity (Wildman–Crippen MR) is 78.7 cm³/mol. The van der Waals surface area contributed by atoms with E-state index in [-0.39, 0.29) is 0 Å². The van der Waals surface area contributed by atoms with Gasteiger partial charge in [0.15, 0.2) is 11.0 Å². The fraction of sp³-hybridized carbons (Fsp3) is 0.333. The van der Waals surface area contributed by atoms with Crippen LogP contribution >= 0.6 is 34.4 Å². The Morgan fingerprint density at radius 3 is 2.82 bits per heavy atom. The van der Waals surface area contributed by atoms with Gasteiger partial charge in [0, 0.05) is 21.8 Å². The summed E-state index contributed by atoms with van der Waals surface area (Å²) in [5.41, 5.74) is 2.43. The lowest BCUT2D eigenvalue weighted by Gasteiger charge is -2.05. The number of rotatable bonds is 2. The highest BCUT2D eigenvalue weighted by Gasteiger charge is 2.26. The van der Waals surface area contributed by atoms with Crippen molar-refractivity contribution in [3.05, 3.63) is 29.8 Å². The molecule has 3 rings (SSSR count). The van der Waals surface area contributed by atoms with E-state index in [0.717, 1.165) is 27.5 Å². The van der Waals surface area contributed by atoms with Crippen LogP contribution in [0.15, 0.2) is 29.4 Å². The lowest BCUT2D eigenvalue weighted by molar-refractivity contribution is 0.681. The van der Waals surface area contributed by atoms with E-state index in [1.54, 1.807) is 0 Å². The van der Waals surface area contributed by atoms with Crippen LogP contribution in [0.25, 0.3) is 11.4 Å². The molecule has 17 heavy (non-hydrogen) atoms. The van der Waals surface area contributed by atoms with Gasteiger partial charge in [-0.2, -0.15) is 0 Å². The molecule has 88 valence electrons. The van der Waals surface area contributed by atoms with Crippen LogP contribution in [0.1, 0.15) is 5.56 Å². The van der Waals surface area contributed by atoms with Crippen molar-refractivity contribution in [2.24, 2.45) is 0 Å². The molecule has 0 aliphatic carbocycles. The van der Waals surface area contributed by atoms with Gasteiger partial charge in [-0.05, 0) is 6.92 Å². The number of nitrogens with zero attached hydrogens (tertiary/aromatic N) is 3. The fourth-order valence-electron chi connectivity index (χ4n) is 1.93. The van der Waals surface area contributed by atoms with Gasteiger partial charge in [-0.1, -0.05) is 64.2 Å². The Morgan fingerprint density at radius 1 is 1.35 bits per heavy atom. The second-order valence-corrected chi connectivity index (χ2v) is 6.33. The molecule has 0 spiro atoms. The minimum Gasteiger partial charge on any atom is -0.301 e. The molecule has 0 N–H and O–H groups in total. The molecule has 2 heterocycles. The number of alkyl halides is 1. The number of hydrogen-bond acceptors (Lipinski definition) is 3. The Balaban J connectivity index is 1.98. The molecule has 0 bridgehead atoms. The van der Waals surface area contributed by atoms with Crippen molar-refractivity contribution in [2.45, 2.75) is 23.9 Å². The van der Waals surface area contributed by atoms with E-state index < -0.39 is 0 Å². The molecular formula is C12H12IN3S. The van der Waals surface area contributed by atoms with Crippen LogP contribution in [0, 0.1) is 6.92 Å². The third-order valence-electron chi connectivity index (χ3n) is 2.86. The summed E-state index contributed by atoms with van der Waals surface area (Å²) in [5, 5.41) is 10.3. The Hall–Kier alpha value is -0.560. The van der Waals surface area contributed by atoms with Crippen LogP contribution < -0.4 is 0 Å². The normalized spacial score (nSPS) is 18.4. The zero-order valence-corrected chi connectivity index (χ0v) is 12.4. The van der Waals surface area contributed by atoms with Gasteiger partial charge in [0.05, 0.1) is 0 Å². The molecule has 0 amide bonds. The van der Waals surface area contributed by atoms with Gasteiger partial charge >= 0.3 is 0 Å². The molecule has 0 fully saturated rings. The van der Waals surface area contributed by atoms with Crippen molar-refractivity contribution in [3.8, 4) is 11.4 Å². The number of hydrogen-bond donors (Lipinski definition) is 0. The number of aryl methyl sites for hydroxylation is 1. The molecule has 0 radical (unpaired) electrons. The molecule has 1 unspecified atom stereocenters. The first-order chi connectivity index (χ1) is 8.28. The van der Waals surface area contributed by atoms with Gasteiger partial charge in [-0.3, -0.25) is 0 Å². The molecular weight excluding hydrogens is 345 g/mol. The molecule has 3 nitrogen and oxygen atoms in total. The van der Waals surface area contributed by atoms with E-state index in [0.29, 0.717) is 5.25 Å². The SMILES string of the molecule is Cc1ccc(-c2nnc3n2CC(CI)S3)cc1. The number of benzene rings is 1. The minimum absolute atomic E-state index is 0.644. The fourth-order valence-corrected chi connectivity index (χ4v) is 3.71. The number of fused-ring (bicyclic) bond motifs is 1. The van der Waals surface area contributed by atoms with Crippen LogP contribution in [0.4, 0.5) is 0 Å². The maximum absolute atomic E-state index is 4.30. The van der Waals surface area contributed by atoms with Crippen molar-refractivity contribution in [1.29, 1.82) is 0 Å². The summed E-state index contributed by atoms with van der Waals surface area (Å²) in [6, 6.07) is 8.48. The second-order valence-electron chi connectivity index (χ2n) is 4.18. The summed E-state index contributed by atoms with van der Waals surface area (Å²) in [5.74, 6) is 1.000. The highest BCUT2D eigenvalue weighted by molar-refractivity contribution is 14.1. The monoisotopic (exact) mass is 357 g/mol. The zero-order chi connectivity index (χ0) is 11.8. The van der Waals surface area contributed by atoms with Gasteiger partial charge < -0.3 is 4.57 Å². The molecule has 2 aromatic rings. The molecule has 1 aromatic heterocycles. The lowest BCUT2D eigenvalue weighted by Crippen LogP contribution is -2.07. The molecule has 0 saturated heterocycles. The number of thioether (sulfide) groups is 1. The van der Waals surface area contributed by atoms with E-state index in [9.17, 15) is 0 Å². The molecule has 1 aliphatic heterocycles. The Kier molecular flexibility index (Phi) is 3.12. The van der Waals surface area contributed by atoms with Crippen molar-refractivity contribution >= 4 is 34.4 Å². The smallest absolute Gasteiger partial charge is 0.191 e. The summed E-state index contributed by atoms with van der Waals surface area (Å²) in [6.07, 6.45) is 0. The zero-order valence-electron chi connectivity index (χ0n) is 9.43. The summed E-state index contributed by atoms with van der Waals surface area (Å²) >= 11 is 4.27. The standard InChI is InChI=1S/C12H12IN3S/c1-8-2-4-9(5-3-8)11-14-15-12-16(11)7-10(6-13)17-12/h2-5,10H,6-7H2,1H3. The highest BCUT2D eigenvalue weighted by Crippen LogP contribution is 2.35.